The Balaban J connectivity index is 2.00. The Morgan fingerprint density at radius 1 is 1.25 bits per heavy atom. The van der Waals surface area contributed by atoms with Gasteiger partial charge in [0.05, 0.1) is 22.5 Å². The fourth-order valence-electron chi connectivity index (χ4n) is 2.64. The molecule has 1 aromatic carbocycles. The predicted molar refractivity (Wildman–Crippen MR) is 106 cm³/mol. The molecular formula is C18H15Cl2N5O3. The van der Waals surface area contributed by atoms with Crippen LogP contribution >= 0.6 is 23.2 Å². The number of amides is 1. The zero-order valence-electron chi connectivity index (χ0n) is 14.8. The molecule has 8 nitrogen and oxygen atoms in total. The van der Waals surface area contributed by atoms with E-state index in [1.807, 2.05) is 6.92 Å². The molecule has 0 radical (unpaired) electrons. The van der Waals surface area contributed by atoms with Crippen LogP contribution < -0.4 is 11.1 Å². The van der Waals surface area contributed by atoms with Gasteiger partial charge in [0.1, 0.15) is 10.8 Å². The molecule has 2 heterocycles. The fraction of sp³-hybridized carbons (Fsp3) is 0.111. The van der Waals surface area contributed by atoms with Crippen molar-refractivity contribution in [2.45, 2.75) is 6.92 Å². The maximum atomic E-state index is 11.3. The van der Waals surface area contributed by atoms with Crippen LogP contribution in [0.2, 0.25) is 10.2 Å². The Hall–Kier alpha value is -3.10. The summed E-state index contributed by atoms with van der Waals surface area (Å²) in [6.45, 7) is 1.81. The Bertz CT molecular complexity index is 1110. The van der Waals surface area contributed by atoms with Crippen LogP contribution in [-0.4, -0.2) is 31.5 Å². The van der Waals surface area contributed by atoms with Gasteiger partial charge in [-0.15, -0.1) is 0 Å². The van der Waals surface area contributed by atoms with E-state index >= 15 is 0 Å². The van der Waals surface area contributed by atoms with Gasteiger partial charge in [-0.25, -0.2) is 14.8 Å². The number of benzene rings is 1. The lowest BCUT2D eigenvalue weighted by Crippen LogP contribution is -2.11. The summed E-state index contributed by atoms with van der Waals surface area (Å²) >= 11 is 12.3. The number of carbonyl (C=O) groups excluding carboxylic acids is 1. The molecule has 0 aliphatic heterocycles. The highest BCUT2D eigenvalue weighted by Crippen LogP contribution is 2.32. The molecular weight excluding hydrogens is 405 g/mol. The quantitative estimate of drug-likeness (QED) is 0.579. The second-order valence-corrected chi connectivity index (χ2v) is 6.77. The average Bonchev–Trinajstić information content (AvgIpc) is 2.93. The van der Waals surface area contributed by atoms with Gasteiger partial charge < -0.3 is 20.7 Å². The van der Waals surface area contributed by atoms with Crippen molar-refractivity contribution in [1.29, 1.82) is 0 Å². The standard InChI is InChI=1S/C18H15Cl2N5O3/c1-8-5-9(16(21)26)3-4-12(8)23-18-22-7-11(19)14(24-18)13-6-10(17(27)28)15(20)25(13)2/h3-7H,1-2H3,(H2,21,26)(H,27,28)(H,22,23,24). The summed E-state index contributed by atoms with van der Waals surface area (Å²) in [7, 11) is 1.61. The highest BCUT2D eigenvalue weighted by Gasteiger charge is 2.20. The lowest BCUT2D eigenvalue weighted by molar-refractivity contribution is 0.0697. The Labute approximate surface area is 169 Å². The zero-order chi connectivity index (χ0) is 20.6. The molecule has 0 unspecified atom stereocenters. The molecule has 10 heteroatoms. The number of hydrogen-bond donors (Lipinski definition) is 3. The number of carboxylic acids is 1. The van der Waals surface area contributed by atoms with Crippen LogP contribution in [0.3, 0.4) is 0 Å². The van der Waals surface area contributed by atoms with Gasteiger partial charge in [-0.3, -0.25) is 4.79 Å². The summed E-state index contributed by atoms with van der Waals surface area (Å²) in [5.41, 5.74) is 7.81. The number of hydrogen-bond acceptors (Lipinski definition) is 5. The summed E-state index contributed by atoms with van der Waals surface area (Å²) in [5, 5.41) is 12.6. The molecule has 0 aliphatic rings. The monoisotopic (exact) mass is 419 g/mol. The van der Waals surface area contributed by atoms with Crippen molar-refractivity contribution in [3.63, 3.8) is 0 Å². The summed E-state index contributed by atoms with van der Waals surface area (Å²) < 4.78 is 1.48. The van der Waals surface area contributed by atoms with Crippen molar-refractivity contribution in [3.05, 3.63) is 57.3 Å². The Morgan fingerprint density at radius 3 is 2.54 bits per heavy atom. The summed E-state index contributed by atoms with van der Waals surface area (Å²) in [6.07, 6.45) is 1.40. The molecule has 144 valence electrons. The number of anilines is 2. The van der Waals surface area contributed by atoms with E-state index in [1.54, 1.807) is 25.2 Å². The summed E-state index contributed by atoms with van der Waals surface area (Å²) in [5.74, 6) is -1.43. The largest absolute Gasteiger partial charge is 0.478 e. The molecule has 0 saturated heterocycles. The van der Waals surface area contributed by atoms with E-state index in [0.717, 1.165) is 5.56 Å². The normalized spacial score (nSPS) is 10.7. The minimum Gasteiger partial charge on any atom is -0.478 e. The molecule has 4 N–H and O–H groups in total. The van der Waals surface area contributed by atoms with Gasteiger partial charge in [-0.1, -0.05) is 23.2 Å². The lowest BCUT2D eigenvalue weighted by Gasteiger charge is -2.11. The van der Waals surface area contributed by atoms with Crippen molar-refractivity contribution in [2.75, 3.05) is 5.32 Å². The molecule has 3 rings (SSSR count). The minimum absolute atomic E-state index is 0.0544. The van der Waals surface area contributed by atoms with Crippen LogP contribution in [0, 0.1) is 6.92 Å². The van der Waals surface area contributed by atoms with Gasteiger partial charge in [-0.05, 0) is 36.8 Å². The first kappa shape index (κ1) is 19.7. The van der Waals surface area contributed by atoms with Crippen LogP contribution in [0.5, 0.6) is 0 Å². The SMILES string of the molecule is Cc1cc(C(N)=O)ccc1Nc1ncc(Cl)c(-c2cc(C(=O)O)c(Cl)n2C)n1. The average molecular weight is 420 g/mol. The van der Waals surface area contributed by atoms with Crippen molar-refractivity contribution >= 4 is 46.7 Å². The first-order valence-corrected chi connectivity index (χ1v) is 8.73. The molecule has 3 aromatic rings. The van der Waals surface area contributed by atoms with Crippen molar-refractivity contribution in [2.24, 2.45) is 12.8 Å². The molecule has 1 amide bonds. The predicted octanol–water partition coefficient (Wildman–Crippen LogP) is 3.64. The number of aromatic nitrogens is 3. The number of nitrogens with one attached hydrogen (secondary N) is 1. The van der Waals surface area contributed by atoms with E-state index in [4.69, 9.17) is 28.9 Å². The van der Waals surface area contributed by atoms with E-state index in [1.165, 1.54) is 16.8 Å². The molecule has 0 fully saturated rings. The van der Waals surface area contributed by atoms with Crippen LogP contribution in [-0.2, 0) is 7.05 Å². The second kappa shape index (κ2) is 7.49. The molecule has 0 aliphatic carbocycles. The topological polar surface area (TPSA) is 123 Å². The van der Waals surface area contributed by atoms with E-state index in [9.17, 15) is 14.7 Å². The van der Waals surface area contributed by atoms with E-state index < -0.39 is 11.9 Å². The highest BCUT2D eigenvalue weighted by atomic mass is 35.5. The third-order valence-electron chi connectivity index (χ3n) is 4.13. The lowest BCUT2D eigenvalue weighted by atomic mass is 10.1. The van der Waals surface area contributed by atoms with Gasteiger partial charge in [0.15, 0.2) is 0 Å². The van der Waals surface area contributed by atoms with Gasteiger partial charge >= 0.3 is 5.97 Å². The number of nitrogens with two attached hydrogens (primary N) is 1. The van der Waals surface area contributed by atoms with Crippen LogP contribution in [0.1, 0.15) is 26.3 Å². The smallest absolute Gasteiger partial charge is 0.338 e. The van der Waals surface area contributed by atoms with Crippen LogP contribution in [0.4, 0.5) is 11.6 Å². The number of nitrogens with zero attached hydrogens (tertiary/aromatic N) is 3. The van der Waals surface area contributed by atoms with Crippen LogP contribution in [0.15, 0.2) is 30.5 Å². The molecule has 0 spiro atoms. The van der Waals surface area contributed by atoms with Gasteiger partial charge in [0.25, 0.3) is 0 Å². The Morgan fingerprint density at radius 2 is 1.96 bits per heavy atom. The van der Waals surface area contributed by atoms with E-state index in [2.05, 4.69) is 15.3 Å². The maximum Gasteiger partial charge on any atom is 0.338 e. The molecule has 0 atom stereocenters. The van der Waals surface area contributed by atoms with Crippen molar-refractivity contribution in [1.82, 2.24) is 14.5 Å². The first-order chi connectivity index (χ1) is 13.2. The third-order valence-corrected chi connectivity index (χ3v) is 4.87. The highest BCUT2D eigenvalue weighted by molar-refractivity contribution is 6.34. The number of carboxylic acid groups (broad SMARTS) is 1. The summed E-state index contributed by atoms with van der Waals surface area (Å²) in [6, 6.07) is 6.33. The second-order valence-electron chi connectivity index (χ2n) is 6.01. The van der Waals surface area contributed by atoms with Gasteiger partial charge in [-0.2, -0.15) is 0 Å². The van der Waals surface area contributed by atoms with Crippen molar-refractivity contribution < 1.29 is 14.7 Å². The number of halogens is 2. The molecule has 2 aromatic heterocycles. The maximum absolute atomic E-state index is 11.3. The number of primary amides is 1. The molecule has 0 bridgehead atoms. The van der Waals surface area contributed by atoms with E-state index in [-0.39, 0.29) is 21.7 Å². The fourth-order valence-corrected chi connectivity index (χ4v) is 3.06. The van der Waals surface area contributed by atoms with Gasteiger partial charge in [0, 0.05) is 18.3 Å². The number of aromatic carboxylic acids is 1. The van der Waals surface area contributed by atoms with E-state index in [0.29, 0.717) is 22.6 Å². The van der Waals surface area contributed by atoms with Crippen molar-refractivity contribution in [3.8, 4) is 11.4 Å². The molecule has 0 saturated carbocycles. The van der Waals surface area contributed by atoms with Gasteiger partial charge in [0.2, 0.25) is 11.9 Å². The van der Waals surface area contributed by atoms with Crippen LogP contribution in [0.25, 0.3) is 11.4 Å². The number of aryl methyl sites for hydroxylation is 1. The number of carbonyl (C=O) groups is 2. The zero-order valence-corrected chi connectivity index (χ0v) is 16.3. The Kier molecular flexibility index (Phi) is 5.26. The molecule has 28 heavy (non-hydrogen) atoms. The third kappa shape index (κ3) is 3.64. The first-order valence-electron chi connectivity index (χ1n) is 7.98. The summed E-state index contributed by atoms with van der Waals surface area (Å²) in [4.78, 5) is 31.1. The number of rotatable bonds is 5. The minimum atomic E-state index is -1.15.